The molecule has 2 rings (SSSR count). The van der Waals surface area contributed by atoms with Gasteiger partial charge in [0, 0.05) is 16.0 Å². The van der Waals surface area contributed by atoms with Gasteiger partial charge in [-0.25, -0.2) is 0 Å². The first kappa shape index (κ1) is 15.5. The topological polar surface area (TPSA) is 17.1 Å². The van der Waals surface area contributed by atoms with Gasteiger partial charge in [-0.2, -0.15) is 13.2 Å². The summed E-state index contributed by atoms with van der Waals surface area (Å²) in [6.45, 7) is 1.84. The largest absolute Gasteiger partial charge is 0.416 e. The second-order valence-electron chi connectivity index (χ2n) is 5.35. The highest BCUT2D eigenvalue weighted by Gasteiger charge is 2.31. The number of alkyl halides is 3. The predicted molar refractivity (Wildman–Crippen MR) is 74.9 cm³/mol. The average Bonchev–Trinajstić information content (AvgIpc) is 2.46. The Labute approximate surface area is 120 Å². The van der Waals surface area contributed by atoms with E-state index in [0.717, 1.165) is 43.4 Å². The molecule has 1 aromatic rings. The summed E-state index contributed by atoms with van der Waals surface area (Å²) in [4.78, 5) is 0. The third-order valence-electron chi connectivity index (χ3n) is 3.94. The number of rotatable bonds is 3. The van der Waals surface area contributed by atoms with E-state index in [1.54, 1.807) is 0 Å². The molecule has 0 aromatic heterocycles. The van der Waals surface area contributed by atoms with Gasteiger partial charge >= 0.3 is 6.18 Å². The molecule has 1 saturated carbocycles. The molecule has 20 heavy (non-hydrogen) atoms. The van der Waals surface area contributed by atoms with Crippen LogP contribution >= 0.6 is 0 Å². The SMILES string of the molecule is C[C@@H](c1ccc(C(F)(F)F)cc1)[S@](=O)C1CCCCC1. The Bertz CT molecular complexity index is 461. The summed E-state index contributed by atoms with van der Waals surface area (Å²) < 4.78 is 50.0. The van der Waals surface area contributed by atoms with Crippen LogP contribution < -0.4 is 0 Å². The van der Waals surface area contributed by atoms with Crippen LogP contribution in [0.4, 0.5) is 13.2 Å². The number of benzene rings is 1. The zero-order chi connectivity index (χ0) is 14.8. The van der Waals surface area contributed by atoms with Gasteiger partial charge in [-0.15, -0.1) is 0 Å². The molecular weight excluding hydrogens is 285 g/mol. The Balaban J connectivity index is 2.08. The first-order valence-corrected chi connectivity index (χ1v) is 8.24. The second kappa shape index (κ2) is 6.29. The molecule has 1 aliphatic rings. The van der Waals surface area contributed by atoms with Crippen LogP contribution in [0.25, 0.3) is 0 Å². The van der Waals surface area contributed by atoms with Crippen LogP contribution in [-0.4, -0.2) is 9.46 Å². The maximum atomic E-state index is 12.5. The fourth-order valence-electron chi connectivity index (χ4n) is 2.66. The van der Waals surface area contributed by atoms with Crippen molar-refractivity contribution in [1.82, 2.24) is 0 Å². The molecule has 0 bridgehead atoms. The summed E-state index contributed by atoms with van der Waals surface area (Å²) in [7, 11) is -1.01. The average molecular weight is 304 g/mol. The van der Waals surface area contributed by atoms with E-state index < -0.39 is 22.5 Å². The molecule has 0 aliphatic heterocycles. The van der Waals surface area contributed by atoms with Crippen molar-refractivity contribution in [3.8, 4) is 0 Å². The Kier molecular flexibility index (Phi) is 4.89. The summed E-state index contributed by atoms with van der Waals surface area (Å²) >= 11 is 0. The van der Waals surface area contributed by atoms with Crippen LogP contribution in [-0.2, 0) is 17.0 Å². The first-order valence-electron chi connectivity index (χ1n) is 6.96. The van der Waals surface area contributed by atoms with Crippen molar-refractivity contribution >= 4 is 10.8 Å². The summed E-state index contributed by atoms with van der Waals surface area (Å²) in [5, 5.41) is -0.0126. The zero-order valence-electron chi connectivity index (χ0n) is 11.5. The first-order chi connectivity index (χ1) is 9.39. The minimum atomic E-state index is -4.32. The van der Waals surface area contributed by atoms with Crippen LogP contribution in [0.3, 0.4) is 0 Å². The summed E-state index contributed by atoms with van der Waals surface area (Å²) in [6.07, 6.45) is 1.04. The van der Waals surface area contributed by atoms with Gasteiger partial charge in [0.05, 0.1) is 10.8 Å². The van der Waals surface area contributed by atoms with Crippen molar-refractivity contribution in [2.24, 2.45) is 0 Å². The van der Waals surface area contributed by atoms with Crippen LogP contribution in [0.15, 0.2) is 24.3 Å². The van der Waals surface area contributed by atoms with Gasteiger partial charge in [-0.1, -0.05) is 31.4 Å². The molecule has 0 N–H and O–H groups in total. The Morgan fingerprint density at radius 1 is 1.10 bits per heavy atom. The van der Waals surface area contributed by atoms with Crippen molar-refractivity contribution in [3.63, 3.8) is 0 Å². The van der Waals surface area contributed by atoms with E-state index in [4.69, 9.17) is 0 Å². The lowest BCUT2D eigenvalue weighted by Crippen LogP contribution is -2.22. The molecule has 0 radical (unpaired) electrons. The van der Waals surface area contributed by atoms with Gasteiger partial charge in [0.25, 0.3) is 0 Å². The van der Waals surface area contributed by atoms with Gasteiger partial charge in [0.15, 0.2) is 0 Å². The van der Waals surface area contributed by atoms with Crippen LogP contribution in [0, 0.1) is 0 Å². The van der Waals surface area contributed by atoms with Crippen LogP contribution in [0.1, 0.15) is 55.4 Å². The molecule has 0 heterocycles. The maximum absolute atomic E-state index is 12.5. The molecule has 1 aromatic carbocycles. The molecule has 0 unspecified atom stereocenters. The van der Waals surface area contributed by atoms with Crippen molar-refractivity contribution in [2.45, 2.75) is 55.7 Å². The molecule has 0 spiro atoms. The summed E-state index contributed by atoms with van der Waals surface area (Å²) in [6, 6.07) is 5.05. The second-order valence-corrected chi connectivity index (χ2v) is 7.38. The van der Waals surface area contributed by atoms with E-state index in [9.17, 15) is 17.4 Å². The molecule has 1 nitrogen and oxygen atoms in total. The molecule has 112 valence electrons. The van der Waals surface area contributed by atoms with E-state index in [0.29, 0.717) is 0 Å². The van der Waals surface area contributed by atoms with Crippen molar-refractivity contribution in [2.75, 3.05) is 0 Å². The molecule has 1 fully saturated rings. The Hall–Kier alpha value is -0.840. The third-order valence-corrected chi connectivity index (χ3v) is 6.03. The number of hydrogen-bond acceptors (Lipinski definition) is 1. The minimum absolute atomic E-state index is 0.195. The van der Waals surface area contributed by atoms with Gasteiger partial charge < -0.3 is 0 Å². The minimum Gasteiger partial charge on any atom is -0.259 e. The van der Waals surface area contributed by atoms with Gasteiger partial charge in [0.2, 0.25) is 0 Å². The van der Waals surface area contributed by atoms with Gasteiger partial charge in [0.1, 0.15) is 0 Å². The standard InChI is InChI=1S/C15H19F3OS/c1-11(20(19)14-5-3-2-4-6-14)12-7-9-13(10-8-12)15(16,17)18/h7-11,14H,2-6H2,1H3/t11-,20-/m0/s1. The van der Waals surface area contributed by atoms with E-state index in [-0.39, 0.29) is 10.5 Å². The third kappa shape index (κ3) is 3.62. The van der Waals surface area contributed by atoms with Gasteiger partial charge in [-0.3, -0.25) is 4.21 Å². The van der Waals surface area contributed by atoms with E-state index >= 15 is 0 Å². The van der Waals surface area contributed by atoms with Crippen LogP contribution in [0.5, 0.6) is 0 Å². The predicted octanol–water partition coefficient (Wildman–Crippen LogP) is 4.85. The summed E-state index contributed by atoms with van der Waals surface area (Å²) in [5.74, 6) is 0. The highest BCUT2D eigenvalue weighted by molar-refractivity contribution is 7.85. The highest BCUT2D eigenvalue weighted by Crippen LogP contribution is 2.33. The summed E-state index contributed by atoms with van der Waals surface area (Å²) in [5.41, 5.74) is 0.0683. The van der Waals surface area contributed by atoms with Crippen LogP contribution in [0.2, 0.25) is 0 Å². The zero-order valence-corrected chi connectivity index (χ0v) is 12.3. The quantitative estimate of drug-likeness (QED) is 0.780. The normalized spacial score (nSPS) is 20.6. The molecule has 0 saturated heterocycles. The van der Waals surface area contributed by atoms with E-state index in [2.05, 4.69) is 0 Å². The van der Waals surface area contributed by atoms with Gasteiger partial charge in [-0.05, 0) is 37.5 Å². The van der Waals surface area contributed by atoms with E-state index in [1.165, 1.54) is 18.6 Å². The molecule has 0 amide bonds. The van der Waals surface area contributed by atoms with Crippen molar-refractivity contribution < 1.29 is 17.4 Å². The number of halogens is 3. The molecule has 5 heteroatoms. The fourth-order valence-corrected chi connectivity index (χ4v) is 4.46. The smallest absolute Gasteiger partial charge is 0.259 e. The number of hydrogen-bond donors (Lipinski definition) is 0. The lowest BCUT2D eigenvalue weighted by Gasteiger charge is -2.24. The maximum Gasteiger partial charge on any atom is 0.416 e. The molecular formula is C15H19F3OS. The fraction of sp³-hybridized carbons (Fsp3) is 0.600. The van der Waals surface area contributed by atoms with Crippen molar-refractivity contribution in [1.29, 1.82) is 0 Å². The molecule has 1 aliphatic carbocycles. The van der Waals surface area contributed by atoms with E-state index in [1.807, 2.05) is 6.92 Å². The Morgan fingerprint density at radius 3 is 2.15 bits per heavy atom. The highest BCUT2D eigenvalue weighted by atomic mass is 32.2. The Morgan fingerprint density at radius 2 is 1.65 bits per heavy atom. The monoisotopic (exact) mass is 304 g/mol. The molecule has 2 atom stereocenters. The lowest BCUT2D eigenvalue weighted by atomic mass is 10.0. The lowest BCUT2D eigenvalue weighted by molar-refractivity contribution is -0.137. The van der Waals surface area contributed by atoms with Crippen molar-refractivity contribution in [3.05, 3.63) is 35.4 Å².